The van der Waals surface area contributed by atoms with Crippen molar-refractivity contribution < 1.29 is 4.74 Å². The van der Waals surface area contributed by atoms with Crippen molar-refractivity contribution in [1.29, 1.82) is 0 Å². The van der Waals surface area contributed by atoms with E-state index < -0.39 is 0 Å². The third-order valence-corrected chi connectivity index (χ3v) is 3.65. The molecule has 0 aliphatic carbocycles. The zero-order chi connectivity index (χ0) is 15.2. The molecule has 0 atom stereocenters. The van der Waals surface area contributed by atoms with Gasteiger partial charge in [0.05, 0.1) is 0 Å². The second kappa shape index (κ2) is 8.37. The van der Waals surface area contributed by atoms with E-state index in [1.165, 1.54) is 0 Å². The first-order valence-electron chi connectivity index (χ1n) is 7.42. The van der Waals surface area contributed by atoms with Crippen LogP contribution in [0.15, 0.2) is 78.9 Å². The maximum atomic E-state index is 6.04. The number of halogens is 1. The molecular formula is C20H20ClNO. The minimum atomic E-state index is 0. The van der Waals surface area contributed by atoms with Gasteiger partial charge in [0.25, 0.3) is 0 Å². The molecular weight excluding hydrogens is 306 g/mol. The van der Waals surface area contributed by atoms with Crippen LogP contribution in [0, 0.1) is 0 Å². The van der Waals surface area contributed by atoms with Crippen LogP contribution < -0.4 is 10.5 Å². The van der Waals surface area contributed by atoms with E-state index in [0.717, 1.165) is 28.0 Å². The second-order valence-electron chi connectivity index (χ2n) is 5.13. The van der Waals surface area contributed by atoms with E-state index in [4.69, 9.17) is 10.5 Å². The Morgan fingerprint density at radius 2 is 1.30 bits per heavy atom. The number of benzene rings is 3. The van der Waals surface area contributed by atoms with Crippen molar-refractivity contribution in [3.05, 3.63) is 90.0 Å². The molecule has 0 unspecified atom stereocenters. The minimum Gasteiger partial charge on any atom is -0.488 e. The van der Waals surface area contributed by atoms with Gasteiger partial charge in [-0.1, -0.05) is 72.8 Å². The van der Waals surface area contributed by atoms with Crippen molar-refractivity contribution in [3.8, 4) is 16.9 Å². The minimum absolute atomic E-state index is 0. The monoisotopic (exact) mass is 325 g/mol. The van der Waals surface area contributed by atoms with Gasteiger partial charge in [-0.15, -0.1) is 12.4 Å². The Kier molecular flexibility index (Phi) is 6.21. The van der Waals surface area contributed by atoms with E-state index in [2.05, 4.69) is 30.3 Å². The maximum Gasteiger partial charge on any atom is 0.127 e. The molecule has 0 saturated heterocycles. The molecule has 2 N–H and O–H groups in total. The fraction of sp³-hybridized carbons (Fsp3) is 0.100. The molecule has 3 heteroatoms. The van der Waals surface area contributed by atoms with E-state index in [0.29, 0.717) is 13.2 Å². The van der Waals surface area contributed by atoms with Crippen LogP contribution in [-0.2, 0) is 13.2 Å². The van der Waals surface area contributed by atoms with Crippen molar-refractivity contribution in [3.63, 3.8) is 0 Å². The Hall–Kier alpha value is -2.29. The molecule has 3 aromatic rings. The largest absolute Gasteiger partial charge is 0.488 e. The van der Waals surface area contributed by atoms with Gasteiger partial charge < -0.3 is 10.5 Å². The van der Waals surface area contributed by atoms with Crippen molar-refractivity contribution in [2.75, 3.05) is 0 Å². The summed E-state index contributed by atoms with van der Waals surface area (Å²) in [7, 11) is 0. The van der Waals surface area contributed by atoms with E-state index >= 15 is 0 Å². The van der Waals surface area contributed by atoms with Gasteiger partial charge in [-0.05, 0) is 22.8 Å². The lowest BCUT2D eigenvalue weighted by Gasteiger charge is -2.14. The quantitative estimate of drug-likeness (QED) is 0.730. The molecule has 0 aromatic heterocycles. The second-order valence-corrected chi connectivity index (χ2v) is 5.13. The molecule has 0 amide bonds. The van der Waals surface area contributed by atoms with E-state index in [1.54, 1.807) is 0 Å². The Bertz CT molecular complexity index is 743. The third kappa shape index (κ3) is 4.13. The SMILES string of the molecule is Cl.NCc1ccccc1-c1ccccc1OCc1ccccc1. The fourth-order valence-corrected chi connectivity index (χ4v) is 2.51. The summed E-state index contributed by atoms with van der Waals surface area (Å²) in [5.74, 6) is 0.882. The highest BCUT2D eigenvalue weighted by atomic mass is 35.5. The molecule has 0 radical (unpaired) electrons. The summed E-state index contributed by atoms with van der Waals surface area (Å²) in [5, 5.41) is 0. The number of para-hydroxylation sites is 1. The fourth-order valence-electron chi connectivity index (χ4n) is 2.51. The van der Waals surface area contributed by atoms with Gasteiger partial charge >= 0.3 is 0 Å². The molecule has 0 aliphatic rings. The lowest BCUT2D eigenvalue weighted by Crippen LogP contribution is -2.01. The van der Waals surface area contributed by atoms with Gasteiger partial charge in [0.15, 0.2) is 0 Å². The topological polar surface area (TPSA) is 35.2 Å². The van der Waals surface area contributed by atoms with Gasteiger partial charge in [-0.2, -0.15) is 0 Å². The number of ether oxygens (including phenoxy) is 1. The highest BCUT2D eigenvalue weighted by molar-refractivity contribution is 5.85. The summed E-state index contributed by atoms with van der Waals surface area (Å²) in [6.45, 7) is 1.08. The van der Waals surface area contributed by atoms with Crippen LogP contribution in [-0.4, -0.2) is 0 Å². The number of rotatable bonds is 5. The standard InChI is InChI=1S/C20H19NO.ClH/c21-14-17-10-4-5-11-18(17)19-12-6-7-13-20(19)22-15-16-8-2-1-3-9-16;/h1-13H,14-15,21H2;1H. The first kappa shape index (κ1) is 17.1. The molecule has 3 aromatic carbocycles. The summed E-state index contributed by atoms with van der Waals surface area (Å²) in [6.07, 6.45) is 0. The lowest BCUT2D eigenvalue weighted by molar-refractivity contribution is 0.307. The summed E-state index contributed by atoms with van der Waals surface area (Å²) in [4.78, 5) is 0. The average Bonchev–Trinajstić information content (AvgIpc) is 2.61. The molecule has 23 heavy (non-hydrogen) atoms. The smallest absolute Gasteiger partial charge is 0.127 e. The number of hydrogen-bond acceptors (Lipinski definition) is 2. The predicted molar refractivity (Wildman–Crippen MR) is 97.8 cm³/mol. The predicted octanol–water partition coefficient (Wildman–Crippen LogP) is 4.81. The maximum absolute atomic E-state index is 6.04. The molecule has 0 spiro atoms. The van der Waals surface area contributed by atoms with Crippen LogP contribution in [0.25, 0.3) is 11.1 Å². The Labute approximate surface area is 143 Å². The first-order chi connectivity index (χ1) is 10.9. The average molecular weight is 326 g/mol. The first-order valence-corrected chi connectivity index (χ1v) is 7.42. The third-order valence-electron chi connectivity index (χ3n) is 3.65. The van der Waals surface area contributed by atoms with Gasteiger partial charge in [-0.25, -0.2) is 0 Å². The van der Waals surface area contributed by atoms with Crippen LogP contribution in [0.2, 0.25) is 0 Å². The van der Waals surface area contributed by atoms with Gasteiger partial charge in [-0.3, -0.25) is 0 Å². The molecule has 2 nitrogen and oxygen atoms in total. The molecule has 0 heterocycles. The molecule has 3 rings (SSSR count). The molecule has 0 saturated carbocycles. The van der Waals surface area contributed by atoms with Crippen molar-refractivity contribution in [1.82, 2.24) is 0 Å². The normalized spacial score (nSPS) is 9.96. The molecule has 0 aliphatic heterocycles. The Morgan fingerprint density at radius 3 is 2.04 bits per heavy atom. The van der Waals surface area contributed by atoms with Gasteiger partial charge in [0, 0.05) is 12.1 Å². The van der Waals surface area contributed by atoms with E-state index in [1.807, 2.05) is 48.5 Å². The molecule has 0 fully saturated rings. The zero-order valence-electron chi connectivity index (χ0n) is 12.8. The van der Waals surface area contributed by atoms with Gasteiger partial charge in [0.1, 0.15) is 12.4 Å². The Morgan fingerprint density at radius 1 is 0.696 bits per heavy atom. The summed E-state index contributed by atoms with van der Waals surface area (Å²) < 4.78 is 6.04. The van der Waals surface area contributed by atoms with E-state index in [-0.39, 0.29) is 12.4 Å². The highest BCUT2D eigenvalue weighted by Crippen LogP contribution is 2.32. The van der Waals surface area contributed by atoms with E-state index in [9.17, 15) is 0 Å². The van der Waals surface area contributed by atoms with Crippen LogP contribution in [0.3, 0.4) is 0 Å². The van der Waals surface area contributed by atoms with Crippen LogP contribution in [0.4, 0.5) is 0 Å². The summed E-state index contributed by atoms with van der Waals surface area (Å²) in [6, 6.07) is 26.5. The summed E-state index contributed by atoms with van der Waals surface area (Å²) in [5.41, 5.74) is 10.4. The lowest BCUT2D eigenvalue weighted by atomic mass is 9.99. The van der Waals surface area contributed by atoms with Crippen molar-refractivity contribution >= 4 is 12.4 Å². The van der Waals surface area contributed by atoms with Crippen LogP contribution >= 0.6 is 12.4 Å². The number of nitrogens with two attached hydrogens (primary N) is 1. The Balaban J connectivity index is 0.00000192. The molecule has 118 valence electrons. The summed E-state index contributed by atoms with van der Waals surface area (Å²) >= 11 is 0. The zero-order valence-corrected chi connectivity index (χ0v) is 13.6. The van der Waals surface area contributed by atoms with Crippen LogP contribution in [0.5, 0.6) is 5.75 Å². The van der Waals surface area contributed by atoms with Crippen molar-refractivity contribution in [2.24, 2.45) is 5.73 Å². The highest BCUT2D eigenvalue weighted by Gasteiger charge is 2.09. The molecule has 0 bridgehead atoms. The van der Waals surface area contributed by atoms with Crippen LogP contribution in [0.1, 0.15) is 11.1 Å². The number of hydrogen-bond donors (Lipinski definition) is 1. The van der Waals surface area contributed by atoms with Gasteiger partial charge in [0.2, 0.25) is 0 Å². The van der Waals surface area contributed by atoms with Crippen molar-refractivity contribution in [2.45, 2.75) is 13.2 Å².